The number of fused-ring (bicyclic) bond motifs is 2. The van der Waals surface area contributed by atoms with Crippen LogP contribution in [-0.4, -0.2) is 5.97 Å². The highest BCUT2D eigenvalue weighted by Crippen LogP contribution is 2.49. The van der Waals surface area contributed by atoms with Gasteiger partial charge in [0.05, 0.1) is 11.6 Å². The molecule has 0 heterocycles. The van der Waals surface area contributed by atoms with Gasteiger partial charge in [0.2, 0.25) is 0 Å². The number of ether oxygens (including phenoxy) is 1. The normalized spacial score (nSPS) is 24.0. The molecule has 3 heteroatoms. The van der Waals surface area contributed by atoms with Crippen LogP contribution in [0, 0.1) is 29.1 Å². The van der Waals surface area contributed by atoms with Gasteiger partial charge in [0, 0.05) is 6.42 Å². The van der Waals surface area contributed by atoms with Crippen LogP contribution in [0.3, 0.4) is 0 Å². The van der Waals surface area contributed by atoms with Gasteiger partial charge in [-0.25, -0.2) is 0 Å². The SMILES string of the molecule is N#Cc1ccc(-c2ccc(OC(=O)CC3CC4CCC3C4)cc2)cc1. The molecular weight excluding hydrogens is 310 g/mol. The molecule has 2 aromatic carbocycles. The molecule has 0 radical (unpaired) electrons. The molecule has 4 rings (SSSR count). The van der Waals surface area contributed by atoms with E-state index in [1.165, 1.54) is 25.7 Å². The Labute approximate surface area is 148 Å². The number of carbonyl (C=O) groups is 1. The van der Waals surface area contributed by atoms with Gasteiger partial charge < -0.3 is 4.74 Å². The van der Waals surface area contributed by atoms with Crippen LogP contribution < -0.4 is 4.74 Å². The molecule has 0 saturated heterocycles. The van der Waals surface area contributed by atoms with Crippen molar-refractivity contribution in [2.45, 2.75) is 32.1 Å². The summed E-state index contributed by atoms with van der Waals surface area (Å²) in [5.41, 5.74) is 2.73. The van der Waals surface area contributed by atoms with Crippen molar-refractivity contribution in [2.75, 3.05) is 0 Å². The molecule has 0 amide bonds. The summed E-state index contributed by atoms with van der Waals surface area (Å²) in [5, 5.41) is 8.86. The van der Waals surface area contributed by atoms with Crippen LogP contribution in [0.25, 0.3) is 11.1 Å². The molecule has 0 spiro atoms. The molecule has 3 atom stereocenters. The van der Waals surface area contributed by atoms with Crippen molar-refractivity contribution in [1.29, 1.82) is 5.26 Å². The molecule has 3 nitrogen and oxygen atoms in total. The highest BCUT2D eigenvalue weighted by atomic mass is 16.5. The minimum Gasteiger partial charge on any atom is -0.427 e. The minimum atomic E-state index is -0.108. The molecule has 25 heavy (non-hydrogen) atoms. The van der Waals surface area contributed by atoms with Crippen LogP contribution in [-0.2, 0) is 4.79 Å². The van der Waals surface area contributed by atoms with E-state index in [1.807, 2.05) is 36.4 Å². The van der Waals surface area contributed by atoms with Crippen LogP contribution in [0.15, 0.2) is 48.5 Å². The average molecular weight is 331 g/mol. The second-order valence-corrected chi connectivity index (χ2v) is 7.33. The first-order chi connectivity index (χ1) is 12.2. The number of benzene rings is 2. The fourth-order valence-corrected chi connectivity index (χ4v) is 4.47. The van der Waals surface area contributed by atoms with Crippen molar-refractivity contribution in [3.63, 3.8) is 0 Å². The number of hydrogen-bond acceptors (Lipinski definition) is 3. The maximum absolute atomic E-state index is 12.2. The smallest absolute Gasteiger partial charge is 0.311 e. The summed E-state index contributed by atoms with van der Waals surface area (Å²) in [4.78, 5) is 12.2. The van der Waals surface area contributed by atoms with E-state index in [0.717, 1.165) is 23.0 Å². The molecule has 0 N–H and O–H groups in total. The molecule has 2 aliphatic rings. The molecule has 2 bridgehead atoms. The Morgan fingerprint density at radius 1 is 1.00 bits per heavy atom. The Bertz CT molecular complexity index is 801. The maximum atomic E-state index is 12.2. The van der Waals surface area contributed by atoms with E-state index >= 15 is 0 Å². The Kier molecular flexibility index (Phi) is 4.28. The highest BCUT2D eigenvalue weighted by molar-refractivity contribution is 5.73. The molecule has 2 aromatic rings. The van der Waals surface area contributed by atoms with E-state index < -0.39 is 0 Å². The molecular formula is C22H21NO2. The number of esters is 1. The van der Waals surface area contributed by atoms with Gasteiger partial charge in [-0.3, -0.25) is 4.79 Å². The first-order valence-corrected chi connectivity index (χ1v) is 9.02. The molecule has 2 saturated carbocycles. The van der Waals surface area contributed by atoms with E-state index in [0.29, 0.717) is 23.7 Å². The Morgan fingerprint density at radius 3 is 2.24 bits per heavy atom. The van der Waals surface area contributed by atoms with Crippen molar-refractivity contribution in [3.05, 3.63) is 54.1 Å². The lowest BCUT2D eigenvalue weighted by Gasteiger charge is -2.20. The Hall–Kier alpha value is -2.60. The van der Waals surface area contributed by atoms with Crippen LogP contribution in [0.5, 0.6) is 5.75 Å². The predicted molar refractivity (Wildman–Crippen MR) is 95.8 cm³/mol. The van der Waals surface area contributed by atoms with Gasteiger partial charge in [-0.05, 0) is 72.4 Å². The van der Waals surface area contributed by atoms with E-state index in [-0.39, 0.29) is 5.97 Å². The van der Waals surface area contributed by atoms with Gasteiger partial charge in [-0.15, -0.1) is 0 Å². The lowest BCUT2D eigenvalue weighted by molar-refractivity contribution is -0.135. The summed E-state index contributed by atoms with van der Waals surface area (Å²) in [6.07, 6.45) is 5.72. The third kappa shape index (κ3) is 3.44. The average Bonchev–Trinajstić information content (AvgIpc) is 3.25. The molecule has 0 aliphatic heterocycles. The van der Waals surface area contributed by atoms with Gasteiger partial charge in [-0.1, -0.05) is 30.7 Å². The minimum absolute atomic E-state index is 0.108. The number of carbonyl (C=O) groups excluding carboxylic acids is 1. The maximum Gasteiger partial charge on any atom is 0.311 e. The zero-order valence-corrected chi connectivity index (χ0v) is 14.2. The largest absolute Gasteiger partial charge is 0.427 e. The lowest BCUT2D eigenvalue weighted by Crippen LogP contribution is -2.18. The van der Waals surface area contributed by atoms with Gasteiger partial charge in [-0.2, -0.15) is 5.26 Å². The van der Waals surface area contributed by atoms with Crippen molar-refractivity contribution in [3.8, 4) is 22.9 Å². The monoisotopic (exact) mass is 331 g/mol. The second-order valence-electron chi connectivity index (χ2n) is 7.33. The molecule has 2 aliphatic carbocycles. The summed E-state index contributed by atoms with van der Waals surface area (Å²) in [7, 11) is 0. The van der Waals surface area contributed by atoms with Crippen LogP contribution >= 0.6 is 0 Å². The van der Waals surface area contributed by atoms with Gasteiger partial charge in [0.25, 0.3) is 0 Å². The van der Waals surface area contributed by atoms with Crippen LogP contribution in [0.4, 0.5) is 0 Å². The van der Waals surface area contributed by atoms with E-state index in [2.05, 4.69) is 6.07 Å². The standard InChI is InChI=1S/C22H21NO2/c23-14-15-1-4-17(5-2-15)18-7-9-21(10-8-18)25-22(24)13-20-12-16-3-6-19(20)11-16/h1-2,4-5,7-10,16,19-20H,3,6,11-13H2. The zero-order chi connectivity index (χ0) is 17.2. The Balaban J connectivity index is 1.36. The van der Waals surface area contributed by atoms with Gasteiger partial charge in [0.15, 0.2) is 0 Å². The number of nitrogens with zero attached hydrogens (tertiary/aromatic N) is 1. The topological polar surface area (TPSA) is 50.1 Å². The number of nitriles is 1. The molecule has 3 unspecified atom stereocenters. The van der Waals surface area contributed by atoms with Crippen molar-refractivity contribution in [1.82, 2.24) is 0 Å². The lowest BCUT2D eigenvalue weighted by atomic mass is 9.86. The fourth-order valence-electron chi connectivity index (χ4n) is 4.47. The van der Waals surface area contributed by atoms with Gasteiger partial charge in [0.1, 0.15) is 5.75 Å². The van der Waals surface area contributed by atoms with Crippen molar-refractivity contribution in [2.24, 2.45) is 17.8 Å². The first-order valence-electron chi connectivity index (χ1n) is 9.02. The number of rotatable bonds is 4. The predicted octanol–water partition coefficient (Wildman–Crippen LogP) is 4.96. The number of hydrogen-bond donors (Lipinski definition) is 0. The fraction of sp³-hybridized carbons (Fsp3) is 0.364. The Morgan fingerprint density at radius 2 is 1.68 bits per heavy atom. The quantitative estimate of drug-likeness (QED) is 0.588. The summed E-state index contributed by atoms with van der Waals surface area (Å²) in [6.45, 7) is 0. The van der Waals surface area contributed by atoms with E-state index in [4.69, 9.17) is 10.00 Å². The molecule has 0 aromatic heterocycles. The van der Waals surface area contributed by atoms with Crippen LogP contribution in [0.1, 0.15) is 37.7 Å². The third-order valence-electron chi connectivity index (χ3n) is 5.75. The first kappa shape index (κ1) is 15.9. The second kappa shape index (κ2) is 6.72. The summed E-state index contributed by atoms with van der Waals surface area (Å²) in [6, 6.07) is 17.1. The van der Waals surface area contributed by atoms with Crippen molar-refractivity contribution < 1.29 is 9.53 Å². The van der Waals surface area contributed by atoms with Crippen molar-refractivity contribution >= 4 is 5.97 Å². The third-order valence-corrected chi connectivity index (χ3v) is 5.75. The van der Waals surface area contributed by atoms with E-state index in [9.17, 15) is 4.79 Å². The van der Waals surface area contributed by atoms with Crippen LogP contribution in [0.2, 0.25) is 0 Å². The van der Waals surface area contributed by atoms with E-state index in [1.54, 1.807) is 12.1 Å². The zero-order valence-electron chi connectivity index (χ0n) is 14.2. The molecule has 2 fully saturated rings. The van der Waals surface area contributed by atoms with Gasteiger partial charge >= 0.3 is 5.97 Å². The summed E-state index contributed by atoms with van der Waals surface area (Å²) in [5.74, 6) is 2.63. The molecule has 126 valence electrons. The summed E-state index contributed by atoms with van der Waals surface area (Å²) < 4.78 is 5.53. The highest BCUT2D eigenvalue weighted by Gasteiger charge is 2.40. The summed E-state index contributed by atoms with van der Waals surface area (Å²) >= 11 is 0.